The Morgan fingerprint density at radius 3 is 2.56 bits per heavy atom. The third-order valence-corrected chi connectivity index (χ3v) is 2.40. The zero-order valence-corrected chi connectivity index (χ0v) is 9.57. The number of methoxy groups -OCH3 is 1. The number of carboxylic acids is 1. The zero-order chi connectivity index (χ0) is 13.1. The van der Waals surface area contributed by atoms with Crippen LogP contribution in [0.25, 0.3) is 0 Å². The minimum Gasteiger partial charge on any atom is -0.497 e. The number of ether oxygens (including phenoxy) is 1. The highest BCUT2D eigenvalue weighted by Gasteiger charge is 2.18. The van der Waals surface area contributed by atoms with Crippen LogP contribution in [0.5, 0.6) is 11.6 Å². The minimum atomic E-state index is -1.31. The molecule has 0 aliphatic rings. The van der Waals surface area contributed by atoms with Gasteiger partial charge in [-0.25, -0.2) is 9.48 Å². The minimum absolute atomic E-state index is 0.232. The fraction of sp³-hybridized carbons (Fsp3) is 0.182. The van der Waals surface area contributed by atoms with E-state index in [0.717, 1.165) is 10.2 Å². The van der Waals surface area contributed by atoms with Gasteiger partial charge in [-0.1, -0.05) is 17.3 Å². The number of nitrogens with zero attached hydrogens (tertiary/aromatic N) is 3. The monoisotopic (exact) mass is 249 g/mol. The molecule has 2 N–H and O–H groups in total. The number of aromatic nitrogens is 3. The number of aromatic carboxylic acids is 1. The third kappa shape index (κ3) is 2.24. The maximum atomic E-state index is 10.7. The first-order valence-corrected chi connectivity index (χ1v) is 5.10. The van der Waals surface area contributed by atoms with Crippen LogP contribution < -0.4 is 4.74 Å². The van der Waals surface area contributed by atoms with Gasteiger partial charge in [0.05, 0.1) is 13.7 Å². The van der Waals surface area contributed by atoms with E-state index in [9.17, 15) is 9.90 Å². The van der Waals surface area contributed by atoms with Crippen molar-refractivity contribution in [1.82, 2.24) is 15.0 Å². The summed E-state index contributed by atoms with van der Waals surface area (Å²) in [6.45, 7) is 0.232. The van der Waals surface area contributed by atoms with Crippen molar-refractivity contribution in [3.05, 3.63) is 35.5 Å². The maximum absolute atomic E-state index is 10.7. The Morgan fingerprint density at radius 1 is 1.39 bits per heavy atom. The summed E-state index contributed by atoms with van der Waals surface area (Å²) in [6.07, 6.45) is 0. The lowest BCUT2D eigenvalue weighted by Gasteiger charge is -2.04. The molecule has 7 nitrogen and oxygen atoms in total. The summed E-state index contributed by atoms with van der Waals surface area (Å²) in [7, 11) is 1.57. The molecule has 1 heterocycles. The molecule has 0 aliphatic heterocycles. The second-order valence-electron chi connectivity index (χ2n) is 3.57. The van der Waals surface area contributed by atoms with Crippen LogP contribution in [0, 0.1) is 0 Å². The Morgan fingerprint density at radius 2 is 2.06 bits per heavy atom. The number of rotatable bonds is 4. The average Bonchev–Trinajstić information content (AvgIpc) is 2.72. The van der Waals surface area contributed by atoms with Crippen LogP contribution in [0.3, 0.4) is 0 Å². The van der Waals surface area contributed by atoms with Crippen molar-refractivity contribution in [2.75, 3.05) is 7.11 Å². The van der Waals surface area contributed by atoms with E-state index in [1.165, 1.54) is 0 Å². The molecule has 0 aliphatic carbocycles. The molecule has 7 heteroatoms. The highest BCUT2D eigenvalue weighted by Crippen LogP contribution is 2.17. The van der Waals surface area contributed by atoms with Crippen molar-refractivity contribution in [3.63, 3.8) is 0 Å². The molecule has 0 radical (unpaired) electrons. The Bertz CT molecular complexity index is 562. The van der Waals surface area contributed by atoms with Gasteiger partial charge in [-0.05, 0) is 17.7 Å². The highest BCUT2D eigenvalue weighted by atomic mass is 16.5. The Balaban J connectivity index is 2.20. The van der Waals surface area contributed by atoms with Gasteiger partial charge in [-0.15, -0.1) is 5.10 Å². The van der Waals surface area contributed by atoms with Crippen molar-refractivity contribution in [3.8, 4) is 11.6 Å². The van der Waals surface area contributed by atoms with Crippen LogP contribution in [0.2, 0.25) is 0 Å². The first kappa shape index (κ1) is 11.9. The molecular weight excluding hydrogens is 238 g/mol. The van der Waals surface area contributed by atoms with Gasteiger partial charge in [0.25, 0.3) is 0 Å². The van der Waals surface area contributed by atoms with Crippen LogP contribution >= 0.6 is 0 Å². The summed E-state index contributed by atoms with van der Waals surface area (Å²) < 4.78 is 6.13. The van der Waals surface area contributed by atoms with E-state index in [0.29, 0.717) is 5.75 Å². The Labute approximate surface area is 102 Å². The second-order valence-corrected chi connectivity index (χ2v) is 3.57. The molecule has 0 saturated heterocycles. The van der Waals surface area contributed by atoms with Crippen LogP contribution in [0.1, 0.15) is 16.1 Å². The quantitative estimate of drug-likeness (QED) is 0.829. The lowest BCUT2D eigenvalue weighted by atomic mass is 10.2. The standard InChI is InChI=1S/C11H11N3O4/c1-18-8-4-2-7(3-5-8)6-14-10(15)9(11(16)17)12-13-14/h2-5,15H,6H2,1H3,(H,16,17). The zero-order valence-electron chi connectivity index (χ0n) is 9.57. The normalized spacial score (nSPS) is 10.3. The van der Waals surface area contributed by atoms with E-state index in [1.807, 2.05) is 0 Å². The lowest BCUT2D eigenvalue weighted by molar-refractivity contribution is 0.0687. The third-order valence-electron chi connectivity index (χ3n) is 2.40. The van der Waals surface area contributed by atoms with E-state index in [-0.39, 0.29) is 6.54 Å². The molecule has 2 rings (SSSR count). The van der Waals surface area contributed by atoms with E-state index in [2.05, 4.69) is 10.3 Å². The van der Waals surface area contributed by atoms with Gasteiger partial charge in [0.2, 0.25) is 11.6 Å². The summed E-state index contributed by atoms with van der Waals surface area (Å²) in [4.78, 5) is 10.7. The molecule has 2 aromatic rings. The molecule has 0 atom stereocenters. The van der Waals surface area contributed by atoms with Gasteiger partial charge in [0.15, 0.2) is 0 Å². The number of hydrogen-bond acceptors (Lipinski definition) is 5. The number of aromatic hydroxyl groups is 1. The average molecular weight is 249 g/mol. The number of carbonyl (C=O) groups is 1. The molecule has 0 amide bonds. The fourth-order valence-corrected chi connectivity index (χ4v) is 1.46. The van der Waals surface area contributed by atoms with Crippen molar-refractivity contribution < 1.29 is 19.7 Å². The maximum Gasteiger partial charge on any atom is 0.362 e. The molecular formula is C11H11N3O4. The molecule has 1 aromatic heterocycles. The molecule has 94 valence electrons. The lowest BCUT2D eigenvalue weighted by Crippen LogP contribution is -2.02. The highest BCUT2D eigenvalue weighted by molar-refractivity contribution is 5.87. The van der Waals surface area contributed by atoms with Crippen molar-refractivity contribution in [2.45, 2.75) is 6.54 Å². The van der Waals surface area contributed by atoms with Gasteiger partial charge in [0.1, 0.15) is 5.75 Å². The summed E-state index contributed by atoms with van der Waals surface area (Å²) in [5, 5.41) is 25.3. The smallest absolute Gasteiger partial charge is 0.362 e. The topological polar surface area (TPSA) is 97.5 Å². The summed E-state index contributed by atoms with van der Waals surface area (Å²) in [5.41, 5.74) is 0.386. The molecule has 18 heavy (non-hydrogen) atoms. The van der Waals surface area contributed by atoms with E-state index < -0.39 is 17.5 Å². The van der Waals surface area contributed by atoms with Crippen LogP contribution in [0.4, 0.5) is 0 Å². The number of benzene rings is 1. The number of carboxylic acid groups (broad SMARTS) is 1. The largest absolute Gasteiger partial charge is 0.497 e. The van der Waals surface area contributed by atoms with Crippen molar-refractivity contribution in [2.24, 2.45) is 0 Å². The van der Waals surface area contributed by atoms with Gasteiger partial charge in [-0.2, -0.15) is 0 Å². The van der Waals surface area contributed by atoms with Crippen molar-refractivity contribution >= 4 is 5.97 Å². The van der Waals surface area contributed by atoms with Crippen LogP contribution in [-0.2, 0) is 6.54 Å². The SMILES string of the molecule is COc1ccc(Cn2nnc(C(=O)O)c2O)cc1. The summed E-state index contributed by atoms with van der Waals surface area (Å²) in [6, 6.07) is 7.11. The van der Waals surface area contributed by atoms with Crippen LogP contribution in [0.15, 0.2) is 24.3 Å². The molecule has 0 fully saturated rings. The summed E-state index contributed by atoms with van der Waals surface area (Å²) in [5.74, 6) is -1.06. The van der Waals surface area contributed by atoms with Crippen LogP contribution in [-0.4, -0.2) is 38.3 Å². The molecule has 0 saturated carbocycles. The molecule has 1 aromatic carbocycles. The van der Waals surface area contributed by atoms with E-state index in [4.69, 9.17) is 9.84 Å². The van der Waals surface area contributed by atoms with Gasteiger partial charge in [0, 0.05) is 0 Å². The predicted molar refractivity (Wildman–Crippen MR) is 60.7 cm³/mol. The van der Waals surface area contributed by atoms with E-state index in [1.54, 1.807) is 31.4 Å². The Kier molecular flexibility index (Phi) is 3.13. The molecule has 0 bridgehead atoms. The van der Waals surface area contributed by atoms with Gasteiger partial charge < -0.3 is 14.9 Å². The second kappa shape index (κ2) is 4.74. The summed E-state index contributed by atoms with van der Waals surface area (Å²) >= 11 is 0. The van der Waals surface area contributed by atoms with Gasteiger partial charge in [-0.3, -0.25) is 0 Å². The fourth-order valence-electron chi connectivity index (χ4n) is 1.46. The first-order valence-electron chi connectivity index (χ1n) is 5.10. The van der Waals surface area contributed by atoms with E-state index >= 15 is 0 Å². The predicted octanol–water partition coefficient (Wildman–Crippen LogP) is 0.739. The molecule has 0 spiro atoms. The van der Waals surface area contributed by atoms with Gasteiger partial charge >= 0.3 is 5.97 Å². The number of hydrogen-bond donors (Lipinski definition) is 2. The van der Waals surface area contributed by atoms with Crippen molar-refractivity contribution in [1.29, 1.82) is 0 Å². The first-order chi connectivity index (χ1) is 8.61. The Hall–Kier alpha value is -2.57. The molecule has 0 unspecified atom stereocenters.